The minimum absolute atomic E-state index is 0.00427. The van der Waals surface area contributed by atoms with E-state index in [1.54, 1.807) is 23.2 Å². The summed E-state index contributed by atoms with van der Waals surface area (Å²) in [5.41, 5.74) is -0.429. The molecule has 3 aromatic rings. The largest absolute Gasteiger partial charge is 0.336 e. The second-order valence-corrected chi connectivity index (χ2v) is 7.44. The SMILES string of the molecule is O=C(c1ccc2ncccc2c1)N1CCCC(F)(c2nc(C3CC3)no2)C1. The molecule has 1 aliphatic carbocycles. The minimum atomic E-state index is -1.79. The zero-order valence-corrected chi connectivity index (χ0v) is 14.8. The fourth-order valence-corrected chi connectivity index (χ4v) is 3.67. The van der Waals surface area contributed by atoms with E-state index in [9.17, 15) is 4.79 Å². The first-order valence-corrected chi connectivity index (χ1v) is 9.29. The van der Waals surface area contributed by atoms with E-state index < -0.39 is 5.67 Å². The topological polar surface area (TPSA) is 72.1 Å². The number of carbonyl (C=O) groups is 1. The number of aromatic nitrogens is 3. The van der Waals surface area contributed by atoms with Gasteiger partial charge in [0.1, 0.15) is 0 Å². The van der Waals surface area contributed by atoms with Crippen LogP contribution < -0.4 is 0 Å². The number of nitrogens with zero attached hydrogens (tertiary/aromatic N) is 4. The molecule has 1 unspecified atom stereocenters. The van der Waals surface area contributed by atoms with Crippen LogP contribution in [0.3, 0.4) is 0 Å². The molecule has 6 nitrogen and oxygen atoms in total. The monoisotopic (exact) mass is 366 g/mol. The van der Waals surface area contributed by atoms with Gasteiger partial charge in [-0.15, -0.1) is 0 Å². The fraction of sp³-hybridized carbons (Fsp3) is 0.400. The number of halogens is 1. The Kier molecular flexibility index (Phi) is 3.70. The maximum Gasteiger partial charge on any atom is 0.266 e. The van der Waals surface area contributed by atoms with Gasteiger partial charge in [0.2, 0.25) is 5.67 Å². The lowest BCUT2D eigenvalue weighted by atomic mass is 9.94. The number of fused-ring (bicyclic) bond motifs is 1. The van der Waals surface area contributed by atoms with Crippen LogP contribution in [0.2, 0.25) is 0 Å². The molecule has 1 saturated heterocycles. The first kappa shape index (κ1) is 16.4. The molecule has 27 heavy (non-hydrogen) atoms. The molecule has 1 aromatic carbocycles. The highest BCUT2D eigenvalue weighted by atomic mass is 19.1. The molecule has 2 fully saturated rings. The van der Waals surface area contributed by atoms with Crippen LogP contribution in [0.15, 0.2) is 41.1 Å². The van der Waals surface area contributed by atoms with Crippen molar-refractivity contribution in [1.29, 1.82) is 0 Å². The van der Waals surface area contributed by atoms with Gasteiger partial charge in [-0.05, 0) is 49.9 Å². The summed E-state index contributed by atoms with van der Waals surface area (Å²) in [6.45, 7) is 0.447. The number of rotatable bonds is 3. The molecule has 1 saturated carbocycles. The Hall–Kier alpha value is -2.83. The van der Waals surface area contributed by atoms with Crippen molar-refractivity contribution in [3.8, 4) is 0 Å². The number of likely N-dealkylation sites (tertiary alicyclic amines) is 1. The van der Waals surface area contributed by atoms with E-state index in [1.807, 2.05) is 18.2 Å². The molecule has 0 spiro atoms. The van der Waals surface area contributed by atoms with Gasteiger partial charge in [-0.2, -0.15) is 4.98 Å². The van der Waals surface area contributed by atoms with Crippen LogP contribution >= 0.6 is 0 Å². The first-order chi connectivity index (χ1) is 13.1. The van der Waals surface area contributed by atoms with E-state index >= 15 is 4.39 Å². The average Bonchev–Trinajstić information content (AvgIpc) is 3.43. The summed E-state index contributed by atoms with van der Waals surface area (Å²) in [5, 5.41) is 4.81. The zero-order chi connectivity index (χ0) is 18.4. The van der Waals surface area contributed by atoms with Crippen LogP contribution in [-0.2, 0) is 5.67 Å². The smallest absolute Gasteiger partial charge is 0.266 e. The number of carbonyl (C=O) groups excluding carboxylic acids is 1. The van der Waals surface area contributed by atoms with Gasteiger partial charge in [-0.1, -0.05) is 11.2 Å². The summed E-state index contributed by atoms with van der Waals surface area (Å²) >= 11 is 0. The molecule has 1 aliphatic heterocycles. The van der Waals surface area contributed by atoms with Crippen molar-refractivity contribution in [2.45, 2.75) is 37.3 Å². The summed E-state index contributed by atoms with van der Waals surface area (Å²) in [7, 11) is 0. The fourth-order valence-electron chi connectivity index (χ4n) is 3.67. The van der Waals surface area contributed by atoms with Gasteiger partial charge in [0.25, 0.3) is 11.8 Å². The molecular formula is C20H19FN4O2. The normalized spacial score (nSPS) is 22.9. The van der Waals surface area contributed by atoms with Crippen LogP contribution in [-0.4, -0.2) is 39.0 Å². The molecule has 5 rings (SSSR count). The zero-order valence-electron chi connectivity index (χ0n) is 14.8. The first-order valence-electron chi connectivity index (χ1n) is 9.29. The highest BCUT2D eigenvalue weighted by molar-refractivity contribution is 5.98. The number of benzene rings is 1. The number of alkyl halides is 1. The van der Waals surface area contributed by atoms with Crippen molar-refractivity contribution in [3.05, 3.63) is 53.8 Å². The molecule has 3 heterocycles. The third-order valence-corrected chi connectivity index (χ3v) is 5.35. The van der Waals surface area contributed by atoms with Gasteiger partial charge >= 0.3 is 0 Å². The van der Waals surface area contributed by atoms with Crippen molar-refractivity contribution in [2.24, 2.45) is 0 Å². The quantitative estimate of drug-likeness (QED) is 0.708. The number of piperidine rings is 1. The van der Waals surface area contributed by atoms with Crippen molar-refractivity contribution in [1.82, 2.24) is 20.0 Å². The molecule has 138 valence electrons. The van der Waals surface area contributed by atoms with Crippen molar-refractivity contribution in [2.75, 3.05) is 13.1 Å². The van der Waals surface area contributed by atoms with Gasteiger partial charge in [-0.25, -0.2) is 4.39 Å². The second-order valence-electron chi connectivity index (χ2n) is 7.44. The molecular weight excluding hydrogens is 347 g/mol. The van der Waals surface area contributed by atoms with Crippen LogP contribution in [0.1, 0.15) is 53.7 Å². The van der Waals surface area contributed by atoms with Gasteiger partial charge < -0.3 is 9.42 Å². The second kappa shape index (κ2) is 6.11. The Balaban J connectivity index is 1.39. The number of amides is 1. The lowest BCUT2D eigenvalue weighted by molar-refractivity contribution is 0.0152. The van der Waals surface area contributed by atoms with Gasteiger partial charge in [-0.3, -0.25) is 9.78 Å². The van der Waals surface area contributed by atoms with E-state index in [2.05, 4.69) is 15.1 Å². The van der Waals surface area contributed by atoms with Crippen LogP contribution in [0.5, 0.6) is 0 Å². The van der Waals surface area contributed by atoms with Crippen molar-refractivity contribution >= 4 is 16.8 Å². The maximum atomic E-state index is 15.6. The molecule has 0 bridgehead atoms. The Bertz CT molecular complexity index is 1020. The average molecular weight is 366 g/mol. The lowest BCUT2D eigenvalue weighted by Gasteiger charge is -2.35. The third-order valence-electron chi connectivity index (χ3n) is 5.35. The summed E-state index contributed by atoms with van der Waals surface area (Å²) in [5.74, 6) is 0.708. The van der Waals surface area contributed by atoms with E-state index in [1.165, 1.54) is 0 Å². The number of hydrogen-bond donors (Lipinski definition) is 0. The van der Waals surface area contributed by atoms with E-state index in [0.29, 0.717) is 30.3 Å². The van der Waals surface area contributed by atoms with E-state index in [4.69, 9.17) is 4.52 Å². The lowest BCUT2D eigenvalue weighted by Crippen LogP contribution is -2.46. The predicted molar refractivity (Wildman–Crippen MR) is 95.9 cm³/mol. The van der Waals surface area contributed by atoms with Crippen LogP contribution in [0, 0.1) is 0 Å². The van der Waals surface area contributed by atoms with Crippen molar-refractivity contribution < 1.29 is 13.7 Å². The molecule has 1 atom stereocenters. The van der Waals surface area contributed by atoms with E-state index in [0.717, 1.165) is 23.7 Å². The van der Waals surface area contributed by atoms with E-state index in [-0.39, 0.29) is 24.8 Å². The minimum Gasteiger partial charge on any atom is -0.336 e. The summed E-state index contributed by atoms with van der Waals surface area (Å²) in [4.78, 5) is 23.0. The van der Waals surface area contributed by atoms with Gasteiger partial charge in [0.05, 0.1) is 12.1 Å². The molecule has 0 N–H and O–H groups in total. The Morgan fingerprint density at radius 2 is 2.19 bits per heavy atom. The third kappa shape index (κ3) is 2.97. The number of hydrogen-bond acceptors (Lipinski definition) is 5. The number of pyridine rings is 1. The molecule has 0 radical (unpaired) electrons. The molecule has 2 aromatic heterocycles. The summed E-state index contributed by atoms with van der Waals surface area (Å²) in [6, 6.07) is 9.10. The van der Waals surface area contributed by atoms with Gasteiger partial charge in [0.15, 0.2) is 5.82 Å². The highest BCUT2D eigenvalue weighted by Crippen LogP contribution is 2.41. The van der Waals surface area contributed by atoms with Crippen LogP contribution in [0.25, 0.3) is 10.9 Å². The van der Waals surface area contributed by atoms with Crippen LogP contribution in [0.4, 0.5) is 4.39 Å². The predicted octanol–water partition coefficient (Wildman–Crippen LogP) is 3.60. The molecule has 2 aliphatic rings. The van der Waals surface area contributed by atoms with Crippen molar-refractivity contribution in [3.63, 3.8) is 0 Å². The Morgan fingerprint density at radius 1 is 1.30 bits per heavy atom. The summed E-state index contributed by atoms with van der Waals surface area (Å²) < 4.78 is 20.8. The molecule has 1 amide bonds. The van der Waals surface area contributed by atoms with Gasteiger partial charge in [0, 0.05) is 29.6 Å². The Labute approximate surface area is 155 Å². The Morgan fingerprint density at radius 3 is 3.04 bits per heavy atom. The highest BCUT2D eigenvalue weighted by Gasteiger charge is 2.44. The molecule has 7 heteroatoms. The standard InChI is InChI=1S/C20H19FN4O2/c21-20(19-23-17(24-27-19)13-4-5-13)8-2-10-25(12-20)18(26)15-6-7-16-14(11-15)3-1-9-22-16/h1,3,6-7,9,11,13H,2,4-5,8,10,12H2. The summed E-state index contributed by atoms with van der Waals surface area (Å²) in [6.07, 6.45) is 4.61. The maximum absolute atomic E-state index is 15.6.